The first-order valence-corrected chi connectivity index (χ1v) is 15.6. The summed E-state index contributed by atoms with van der Waals surface area (Å²) in [4.78, 5) is 37.5. The number of anilines is 2. The van der Waals surface area contributed by atoms with Gasteiger partial charge < -0.3 is 21.0 Å². The number of aromatic nitrogens is 8. The molecule has 0 aliphatic rings. The number of nitrogens with two attached hydrogens (primary N) is 1. The SMILES string of the molecule is Cn1cc(-c2c[nH]c3ncc(N)cc23)cn1.Cn1cc(-c2c[nH]c3ncc(NC(=O)c4ccc(F)cc4)cc23)cn1.O=C(Cl)c1ccc(F)cc1. The molecular weight excluding hydrogens is 678 g/mol. The summed E-state index contributed by atoms with van der Waals surface area (Å²) in [6.07, 6.45) is 14.5. The number of fused-ring (bicyclic) bond motifs is 2. The molecule has 5 N–H and O–H groups in total. The van der Waals surface area contributed by atoms with Crippen molar-refractivity contribution in [2.75, 3.05) is 11.1 Å². The van der Waals surface area contributed by atoms with Gasteiger partial charge in [0, 0.05) is 83.0 Å². The van der Waals surface area contributed by atoms with Gasteiger partial charge in [0.15, 0.2) is 0 Å². The molecule has 256 valence electrons. The van der Waals surface area contributed by atoms with E-state index < -0.39 is 5.24 Å². The molecule has 2 aromatic carbocycles. The number of H-pyrrole nitrogens is 2. The average Bonchev–Trinajstić information content (AvgIpc) is 3.92. The lowest BCUT2D eigenvalue weighted by Gasteiger charge is -2.05. The fourth-order valence-electron chi connectivity index (χ4n) is 5.07. The lowest BCUT2D eigenvalue weighted by Crippen LogP contribution is -2.11. The second-order valence-corrected chi connectivity index (χ2v) is 11.6. The quantitative estimate of drug-likeness (QED) is 0.139. The van der Waals surface area contributed by atoms with E-state index in [1.807, 2.05) is 57.2 Å². The molecule has 0 spiro atoms. The van der Waals surface area contributed by atoms with Crippen molar-refractivity contribution in [3.8, 4) is 22.3 Å². The van der Waals surface area contributed by atoms with Crippen LogP contribution in [0.2, 0.25) is 0 Å². The number of nitrogens with one attached hydrogen (secondary N) is 3. The van der Waals surface area contributed by atoms with Crippen LogP contribution in [0.1, 0.15) is 20.7 Å². The number of amides is 1. The molecule has 0 aliphatic carbocycles. The van der Waals surface area contributed by atoms with Crippen LogP contribution in [-0.4, -0.2) is 50.6 Å². The second kappa shape index (κ2) is 14.8. The van der Waals surface area contributed by atoms with Crippen LogP contribution in [0.4, 0.5) is 20.2 Å². The minimum absolute atomic E-state index is 0.308. The normalized spacial score (nSPS) is 10.7. The van der Waals surface area contributed by atoms with Crippen LogP contribution >= 0.6 is 11.6 Å². The van der Waals surface area contributed by atoms with Gasteiger partial charge in [-0.2, -0.15) is 10.2 Å². The summed E-state index contributed by atoms with van der Waals surface area (Å²) in [6, 6.07) is 14.2. The van der Waals surface area contributed by atoms with Crippen molar-refractivity contribution in [1.29, 1.82) is 0 Å². The first kappa shape index (κ1) is 34.2. The topological polar surface area (TPSA) is 165 Å². The van der Waals surface area contributed by atoms with Gasteiger partial charge in [-0.1, -0.05) is 0 Å². The Morgan fingerprint density at radius 1 is 0.725 bits per heavy atom. The first-order chi connectivity index (χ1) is 24.5. The van der Waals surface area contributed by atoms with E-state index in [9.17, 15) is 18.4 Å². The largest absolute Gasteiger partial charge is 0.397 e. The van der Waals surface area contributed by atoms with Gasteiger partial charge >= 0.3 is 0 Å². The molecule has 8 aromatic rings. The number of hydrogen-bond acceptors (Lipinski definition) is 7. The van der Waals surface area contributed by atoms with E-state index in [4.69, 9.17) is 17.3 Å². The number of halogens is 3. The molecule has 51 heavy (non-hydrogen) atoms. The minimum atomic E-state index is -0.569. The van der Waals surface area contributed by atoms with Crippen LogP contribution in [0, 0.1) is 11.6 Å². The van der Waals surface area contributed by atoms with Gasteiger partial charge in [0.1, 0.15) is 22.9 Å². The Balaban J connectivity index is 0.000000147. The maximum Gasteiger partial charge on any atom is 0.255 e. The Bertz CT molecular complexity index is 2470. The summed E-state index contributed by atoms with van der Waals surface area (Å²) < 4.78 is 28.7. The third kappa shape index (κ3) is 8.14. The van der Waals surface area contributed by atoms with Crippen LogP contribution in [0.3, 0.4) is 0 Å². The molecule has 0 saturated carbocycles. The summed E-state index contributed by atoms with van der Waals surface area (Å²) in [6.45, 7) is 0. The number of rotatable bonds is 5. The molecule has 15 heteroatoms. The van der Waals surface area contributed by atoms with E-state index in [0.717, 1.165) is 44.3 Å². The van der Waals surface area contributed by atoms with Gasteiger partial charge in [-0.05, 0) is 72.3 Å². The van der Waals surface area contributed by atoms with Crippen molar-refractivity contribution >= 4 is 56.2 Å². The predicted octanol–water partition coefficient (Wildman–Crippen LogP) is 7.11. The average molecular weight is 707 g/mol. The number of benzene rings is 2. The fourth-order valence-corrected chi connectivity index (χ4v) is 5.20. The Hall–Kier alpha value is -6.67. The highest BCUT2D eigenvalue weighted by atomic mass is 35.5. The molecule has 8 rings (SSSR count). The standard InChI is InChI=1S/C18H14FN5O.C11H11N5.C7H4ClFO/c1-24-10-12(7-22-24)16-9-21-17-15(16)6-14(8-20-17)23-18(25)11-2-4-13(19)5-3-11;1-16-6-7(3-15-16)10-5-14-11-9(10)2-8(12)4-13-11;8-7(10)5-1-3-6(9)4-2-5/h2-10H,1H3,(H,20,21)(H,23,25);2-6H,12H2,1H3,(H,13,14);1-4H. The molecule has 6 aromatic heterocycles. The number of carbonyl (C=O) groups is 2. The van der Waals surface area contributed by atoms with Gasteiger partial charge in [0.25, 0.3) is 11.1 Å². The van der Waals surface area contributed by atoms with E-state index in [1.54, 1.807) is 28.0 Å². The van der Waals surface area contributed by atoms with E-state index in [1.165, 1.54) is 48.5 Å². The number of nitrogens with zero attached hydrogens (tertiary/aromatic N) is 6. The van der Waals surface area contributed by atoms with Gasteiger partial charge in [-0.25, -0.2) is 18.7 Å². The number of carbonyl (C=O) groups excluding carboxylic acids is 2. The highest BCUT2D eigenvalue weighted by Gasteiger charge is 2.12. The number of aromatic amines is 2. The second-order valence-electron chi connectivity index (χ2n) is 11.2. The molecule has 0 unspecified atom stereocenters. The summed E-state index contributed by atoms with van der Waals surface area (Å²) in [7, 11) is 3.75. The first-order valence-electron chi connectivity index (χ1n) is 15.2. The molecule has 12 nitrogen and oxygen atoms in total. The summed E-state index contributed by atoms with van der Waals surface area (Å²) >= 11 is 5.09. The zero-order chi connectivity index (χ0) is 36.1. The van der Waals surface area contributed by atoms with Crippen LogP contribution in [-0.2, 0) is 14.1 Å². The number of pyridine rings is 2. The molecule has 0 aliphatic heterocycles. The van der Waals surface area contributed by atoms with Gasteiger partial charge in [0.2, 0.25) is 0 Å². The van der Waals surface area contributed by atoms with Gasteiger partial charge in [-0.3, -0.25) is 19.0 Å². The summed E-state index contributed by atoms with van der Waals surface area (Å²) in [5.74, 6) is -1.07. The minimum Gasteiger partial charge on any atom is -0.397 e. The van der Waals surface area contributed by atoms with E-state index in [-0.39, 0.29) is 17.5 Å². The van der Waals surface area contributed by atoms with Crippen molar-refractivity contribution < 1.29 is 18.4 Å². The van der Waals surface area contributed by atoms with Crippen molar-refractivity contribution in [1.82, 2.24) is 39.5 Å². The highest BCUT2D eigenvalue weighted by Crippen LogP contribution is 2.30. The third-order valence-corrected chi connectivity index (χ3v) is 7.77. The summed E-state index contributed by atoms with van der Waals surface area (Å²) in [5.41, 5.74) is 13.2. The Morgan fingerprint density at radius 3 is 1.71 bits per heavy atom. The van der Waals surface area contributed by atoms with Crippen LogP contribution < -0.4 is 11.1 Å². The van der Waals surface area contributed by atoms with Gasteiger partial charge in [0.05, 0.1) is 36.2 Å². The zero-order valence-corrected chi connectivity index (χ0v) is 27.9. The van der Waals surface area contributed by atoms with Crippen molar-refractivity contribution in [3.05, 3.63) is 133 Å². The van der Waals surface area contributed by atoms with Gasteiger partial charge in [-0.15, -0.1) is 0 Å². The summed E-state index contributed by atoms with van der Waals surface area (Å²) in [5, 5.41) is 12.4. The lowest BCUT2D eigenvalue weighted by atomic mass is 10.1. The molecule has 0 fully saturated rings. The van der Waals surface area contributed by atoms with Crippen molar-refractivity contribution in [3.63, 3.8) is 0 Å². The van der Waals surface area contributed by atoms with E-state index in [0.29, 0.717) is 22.5 Å². The highest BCUT2D eigenvalue weighted by molar-refractivity contribution is 6.67. The molecule has 0 radical (unpaired) electrons. The van der Waals surface area contributed by atoms with E-state index in [2.05, 4.69) is 35.5 Å². The maximum absolute atomic E-state index is 13.0. The number of aryl methyl sites for hydroxylation is 2. The number of nitrogen functional groups attached to an aromatic ring is 1. The Morgan fingerprint density at radius 2 is 1.22 bits per heavy atom. The fraction of sp³-hybridized carbons (Fsp3) is 0.0556. The Labute approximate surface area is 293 Å². The molecule has 0 bridgehead atoms. The van der Waals surface area contributed by atoms with Crippen molar-refractivity contribution in [2.45, 2.75) is 0 Å². The van der Waals surface area contributed by atoms with Crippen LogP contribution in [0.25, 0.3) is 44.3 Å². The van der Waals surface area contributed by atoms with Crippen LogP contribution in [0.15, 0.2) is 110 Å². The molecule has 0 saturated heterocycles. The molecular formula is C36H29ClF2N10O2. The maximum atomic E-state index is 13.0. The predicted molar refractivity (Wildman–Crippen MR) is 192 cm³/mol. The lowest BCUT2D eigenvalue weighted by molar-refractivity contribution is 0.102. The number of hydrogen-bond donors (Lipinski definition) is 4. The molecule has 6 heterocycles. The van der Waals surface area contributed by atoms with Crippen LogP contribution in [0.5, 0.6) is 0 Å². The third-order valence-electron chi connectivity index (χ3n) is 7.55. The molecule has 0 atom stereocenters. The monoisotopic (exact) mass is 706 g/mol. The Kier molecular flexibility index (Phi) is 9.95. The zero-order valence-electron chi connectivity index (χ0n) is 27.1. The van der Waals surface area contributed by atoms with Crippen molar-refractivity contribution in [2.24, 2.45) is 14.1 Å². The molecule has 1 amide bonds. The van der Waals surface area contributed by atoms with E-state index >= 15 is 0 Å². The smallest absolute Gasteiger partial charge is 0.255 e.